The predicted molar refractivity (Wildman–Crippen MR) is 76.4 cm³/mol. The van der Waals surface area contributed by atoms with Crippen LogP contribution in [0.4, 0.5) is 0 Å². The highest BCUT2D eigenvalue weighted by Crippen LogP contribution is 2.50. The van der Waals surface area contributed by atoms with Crippen LogP contribution in [0.15, 0.2) is 30.3 Å². The maximum Gasteiger partial charge on any atom is 0.313 e. The standard InChI is InChI=1S/C16H22O4/c1-11(12-9-7-6-8-10-12)16(4,14(19)20-5)15(2,3)13(17)18/h6-11H,1-5H3,(H,17,18). The summed E-state index contributed by atoms with van der Waals surface area (Å²) in [7, 11) is 1.29. The van der Waals surface area contributed by atoms with Gasteiger partial charge in [0.2, 0.25) is 0 Å². The first kappa shape index (κ1) is 16.2. The van der Waals surface area contributed by atoms with Crippen LogP contribution in [0.2, 0.25) is 0 Å². The summed E-state index contributed by atoms with van der Waals surface area (Å²) in [4.78, 5) is 23.9. The van der Waals surface area contributed by atoms with Crippen molar-refractivity contribution in [1.29, 1.82) is 0 Å². The molecule has 0 amide bonds. The van der Waals surface area contributed by atoms with Crippen molar-refractivity contribution in [2.45, 2.75) is 33.6 Å². The average molecular weight is 278 g/mol. The third-order valence-corrected chi connectivity index (χ3v) is 4.61. The van der Waals surface area contributed by atoms with Gasteiger partial charge >= 0.3 is 11.9 Å². The molecule has 0 aromatic heterocycles. The zero-order chi connectivity index (χ0) is 15.6. The number of methoxy groups -OCH3 is 1. The van der Waals surface area contributed by atoms with E-state index in [4.69, 9.17) is 4.74 Å². The molecule has 110 valence electrons. The number of carboxylic acid groups (broad SMARTS) is 1. The Kier molecular flexibility index (Phi) is 4.58. The summed E-state index contributed by atoms with van der Waals surface area (Å²) in [6, 6.07) is 9.41. The monoisotopic (exact) mass is 278 g/mol. The Morgan fingerprint density at radius 1 is 1.15 bits per heavy atom. The summed E-state index contributed by atoms with van der Waals surface area (Å²) < 4.78 is 4.89. The summed E-state index contributed by atoms with van der Waals surface area (Å²) in [5.74, 6) is -1.82. The Morgan fingerprint density at radius 2 is 1.65 bits per heavy atom. The van der Waals surface area contributed by atoms with Crippen molar-refractivity contribution in [3.05, 3.63) is 35.9 Å². The molecule has 0 fully saturated rings. The number of ether oxygens (including phenoxy) is 1. The van der Waals surface area contributed by atoms with Gasteiger partial charge in [-0.2, -0.15) is 0 Å². The molecule has 0 heterocycles. The highest BCUT2D eigenvalue weighted by atomic mass is 16.5. The van der Waals surface area contributed by atoms with Gasteiger partial charge in [0.15, 0.2) is 0 Å². The molecule has 1 N–H and O–H groups in total. The van der Waals surface area contributed by atoms with E-state index in [1.807, 2.05) is 37.3 Å². The number of aliphatic carboxylic acids is 1. The number of esters is 1. The van der Waals surface area contributed by atoms with Crippen LogP contribution in [0.5, 0.6) is 0 Å². The molecule has 1 rings (SSSR count). The Bertz CT molecular complexity index is 492. The molecule has 0 saturated carbocycles. The molecule has 0 saturated heterocycles. The molecule has 0 spiro atoms. The number of benzene rings is 1. The van der Waals surface area contributed by atoms with Crippen molar-refractivity contribution in [2.75, 3.05) is 7.11 Å². The molecule has 2 unspecified atom stereocenters. The van der Waals surface area contributed by atoms with E-state index >= 15 is 0 Å². The lowest BCUT2D eigenvalue weighted by Crippen LogP contribution is -2.50. The topological polar surface area (TPSA) is 63.6 Å². The van der Waals surface area contributed by atoms with Crippen molar-refractivity contribution in [2.24, 2.45) is 10.8 Å². The molecule has 0 bridgehead atoms. The van der Waals surface area contributed by atoms with Gasteiger partial charge in [-0.05, 0) is 32.3 Å². The lowest BCUT2D eigenvalue weighted by molar-refractivity contribution is -0.173. The number of carboxylic acids is 1. The van der Waals surface area contributed by atoms with E-state index in [2.05, 4.69) is 0 Å². The van der Waals surface area contributed by atoms with Crippen LogP contribution < -0.4 is 0 Å². The van der Waals surface area contributed by atoms with Gasteiger partial charge in [-0.25, -0.2) is 0 Å². The Morgan fingerprint density at radius 3 is 2.05 bits per heavy atom. The van der Waals surface area contributed by atoms with E-state index in [-0.39, 0.29) is 5.92 Å². The smallest absolute Gasteiger partial charge is 0.313 e. The molecule has 20 heavy (non-hydrogen) atoms. The van der Waals surface area contributed by atoms with E-state index in [1.165, 1.54) is 7.11 Å². The van der Waals surface area contributed by atoms with E-state index in [0.29, 0.717) is 0 Å². The zero-order valence-corrected chi connectivity index (χ0v) is 12.6. The molecule has 0 aliphatic rings. The second-order valence-corrected chi connectivity index (χ2v) is 5.76. The second-order valence-electron chi connectivity index (χ2n) is 5.76. The van der Waals surface area contributed by atoms with Crippen molar-refractivity contribution >= 4 is 11.9 Å². The fourth-order valence-electron chi connectivity index (χ4n) is 2.48. The molecule has 1 aromatic rings. The minimum Gasteiger partial charge on any atom is -0.481 e. The van der Waals surface area contributed by atoms with Crippen molar-refractivity contribution in [1.82, 2.24) is 0 Å². The Balaban J connectivity index is 3.40. The van der Waals surface area contributed by atoms with Crippen molar-refractivity contribution in [3.8, 4) is 0 Å². The third kappa shape index (κ3) is 2.42. The normalized spacial score (nSPS) is 16.1. The highest BCUT2D eigenvalue weighted by Gasteiger charge is 2.56. The largest absolute Gasteiger partial charge is 0.481 e. The first-order valence-electron chi connectivity index (χ1n) is 6.56. The average Bonchev–Trinajstić information content (AvgIpc) is 2.45. The SMILES string of the molecule is COC(=O)C(C)(C(C)c1ccccc1)C(C)(C)C(=O)O. The summed E-state index contributed by atoms with van der Waals surface area (Å²) in [6.45, 7) is 6.64. The number of carbonyl (C=O) groups excluding carboxylic acids is 1. The second kappa shape index (κ2) is 5.65. The van der Waals surface area contributed by atoms with Gasteiger partial charge in [-0.15, -0.1) is 0 Å². The van der Waals surface area contributed by atoms with Crippen LogP contribution in [0.3, 0.4) is 0 Å². The fraction of sp³-hybridized carbons (Fsp3) is 0.500. The van der Waals surface area contributed by atoms with Gasteiger partial charge < -0.3 is 9.84 Å². The molecular formula is C16H22O4. The summed E-state index contributed by atoms with van der Waals surface area (Å²) in [5.41, 5.74) is -1.51. The molecule has 4 nitrogen and oxygen atoms in total. The van der Waals surface area contributed by atoms with E-state index in [1.54, 1.807) is 20.8 Å². The summed E-state index contributed by atoms with van der Waals surface area (Å²) in [5, 5.41) is 9.51. The quantitative estimate of drug-likeness (QED) is 0.841. The van der Waals surface area contributed by atoms with Crippen molar-refractivity contribution in [3.63, 3.8) is 0 Å². The Labute approximate surface area is 119 Å². The van der Waals surface area contributed by atoms with Gasteiger partial charge in [0.25, 0.3) is 0 Å². The third-order valence-electron chi connectivity index (χ3n) is 4.61. The number of hydrogen-bond donors (Lipinski definition) is 1. The summed E-state index contributed by atoms with van der Waals surface area (Å²) in [6.07, 6.45) is 0. The highest BCUT2D eigenvalue weighted by molar-refractivity contribution is 5.87. The van der Waals surface area contributed by atoms with Crippen LogP contribution in [0.25, 0.3) is 0 Å². The minimum absolute atomic E-state index is 0.290. The molecule has 0 aliphatic carbocycles. The van der Waals surface area contributed by atoms with E-state index in [0.717, 1.165) is 5.56 Å². The van der Waals surface area contributed by atoms with Gasteiger partial charge in [-0.1, -0.05) is 37.3 Å². The van der Waals surface area contributed by atoms with Gasteiger partial charge in [0.05, 0.1) is 17.9 Å². The molecule has 2 atom stereocenters. The maximum absolute atomic E-state index is 12.3. The number of carbonyl (C=O) groups is 2. The molecule has 1 aromatic carbocycles. The van der Waals surface area contributed by atoms with Crippen molar-refractivity contribution < 1.29 is 19.4 Å². The molecule has 4 heteroatoms. The van der Waals surface area contributed by atoms with Crippen LogP contribution in [-0.2, 0) is 14.3 Å². The first-order valence-corrected chi connectivity index (χ1v) is 6.56. The number of rotatable bonds is 5. The Hall–Kier alpha value is -1.84. The lowest BCUT2D eigenvalue weighted by Gasteiger charge is -2.43. The van der Waals surface area contributed by atoms with Gasteiger partial charge in [-0.3, -0.25) is 9.59 Å². The fourth-order valence-corrected chi connectivity index (χ4v) is 2.48. The van der Waals surface area contributed by atoms with Crippen LogP contribution in [0, 0.1) is 10.8 Å². The lowest BCUT2D eigenvalue weighted by atomic mass is 9.58. The molecule has 0 radical (unpaired) electrons. The van der Waals surface area contributed by atoms with E-state index < -0.39 is 22.8 Å². The van der Waals surface area contributed by atoms with E-state index in [9.17, 15) is 14.7 Å². The zero-order valence-electron chi connectivity index (χ0n) is 12.6. The summed E-state index contributed by atoms with van der Waals surface area (Å²) >= 11 is 0. The number of hydrogen-bond acceptors (Lipinski definition) is 3. The van der Waals surface area contributed by atoms with Crippen LogP contribution in [0.1, 0.15) is 39.2 Å². The van der Waals surface area contributed by atoms with Crippen LogP contribution >= 0.6 is 0 Å². The molecular weight excluding hydrogens is 256 g/mol. The van der Waals surface area contributed by atoms with Gasteiger partial charge in [0.1, 0.15) is 0 Å². The predicted octanol–water partition coefficient (Wildman–Crippen LogP) is 3.08. The minimum atomic E-state index is -1.25. The van der Waals surface area contributed by atoms with Gasteiger partial charge in [0, 0.05) is 0 Å². The molecule has 0 aliphatic heterocycles. The first-order chi connectivity index (χ1) is 9.19. The maximum atomic E-state index is 12.3. The van der Waals surface area contributed by atoms with Crippen LogP contribution in [-0.4, -0.2) is 24.2 Å².